The van der Waals surface area contributed by atoms with Gasteiger partial charge in [0.2, 0.25) is 0 Å². The van der Waals surface area contributed by atoms with Crippen LogP contribution in [-0.4, -0.2) is 12.5 Å². The number of anilines is 1. The SMILES string of the molecule is C=C(CCCCC)Nc1ccc(BO)cc1. The highest BCUT2D eigenvalue weighted by atomic mass is 16.2. The minimum atomic E-state index is 0.0950. The largest absolute Gasteiger partial charge is 0.449 e. The topological polar surface area (TPSA) is 32.3 Å². The van der Waals surface area contributed by atoms with Gasteiger partial charge in [0.1, 0.15) is 0 Å². The van der Waals surface area contributed by atoms with Gasteiger partial charge < -0.3 is 10.3 Å². The first-order valence-corrected chi connectivity index (χ1v) is 5.91. The van der Waals surface area contributed by atoms with Crippen molar-refractivity contribution in [2.75, 3.05) is 5.32 Å². The molecule has 0 atom stereocenters. The van der Waals surface area contributed by atoms with Crippen LogP contribution in [-0.2, 0) is 0 Å². The molecule has 0 aliphatic heterocycles. The molecule has 0 amide bonds. The fourth-order valence-electron chi connectivity index (χ4n) is 1.55. The lowest BCUT2D eigenvalue weighted by Gasteiger charge is -2.09. The zero-order valence-corrected chi connectivity index (χ0v) is 10.00. The summed E-state index contributed by atoms with van der Waals surface area (Å²) in [5.74, 6) is 0. The smallest absolute Gasteiger partial charge is 0.304 e. The summed E-state index contributed by atoms with van der Waals surface area (Å²) in [5, 5.41) is 12.2. The third kappa shape index (κ3) is 4.54. The Morgan fingerprint density at radius 2 is 2.00 bits per heavy atom. The van der Waals surface area contributed by atoms with Gasteiger partial charge in [-0.25, -0.2) is 0 Å². The quantitative estimate of drug-likeness (QED) is 0.541. The fourth-order valence-corrected chi connectivity index (χ4v) is 1.55. The standard InChI is InChI=1S/C13H20BNO/c1-3-4-5-6-11(2)15-13-9-7-12(14-16)8-10-13/h7-10,14-16H,2-6H2,1H3. The van der Waals surface area contributed by atoms with Gasteiger partial charge in [0, 0.05) is 11.4 Å². The summed E-state index contributed by atoms with van der Waals surface area (Å²) in [6, 6.07) is 7.77. The van der Waals surface area contributed by atoms with Crippen molar-refractivity contribution in [3.05, 3.63) is 36.5 Å². The van der Waals surface area contributed by atoms with E-state index in [2.05, 4.69) is 18.8 Å². The van der Waals surface area contributed by atoms with Gasteiger partial charge in [-0.2, -0.15) is 0 Å². The van der Waals surface area contributed by atoms with Crippen molar-refractivity contribution in [1.82, 2.24) is 0 Å². The summed E-state index contributed by atoms with van der Waals surface area (Å²) < 4.78 is 0. The monoisotopic (exact) mass is 217 g/mol. The van der Waals surface area contributed by atoms with Crippen LogP contribution < -0.4 is 10.8 Å². The molecule has 86 valence electrons. The Bertz CT molecular complexity index is 321. The van der Waals surface area contributed by atoms with Crippen molar-refractivity contribution in [2.45, 2.75) is 32.6 Å². The molecule has 1 aromatic rings. The maximum atomic E-state index is 8.92. The molecule has 0 spiro atoms. The van der Waals surface area contributed by atoms with Crippen LogP contribution in [0.1, 0.15) is 32.6 Å². The van der Waals surface area contributed by atoms with Crippen LogP contribution in [0.4, 0.5) is 5.69 Å². The second-order valence-corrected chi connectivity index (χ2v) is 4.04. The average Bonchev–Trinajstić information content (AvgIpc) is 2.30. The molecule has 0 radical (unpaired) electrons. The van der Waals surface area contributed by atoms with Crippen molar-refractivity contribution < 1.29 is 5.02 Å². The summed E-state index contributed by atoms with van der Waals surface area (Å²) in [4.78, 5) is 0. The Balaban J connectivity index is 2.37. The molecule has 0 unspecified atom stereocenters. The van der Waals surface area contributed by atoms with E-state index in [4.69, 9.17) is 5.02 Å². The van der Waals surface area contributed by atoms with E-state index in [9.17, 15) is 0 Å². The average molecular weight is 217 g/mol. The third-order valence-electron chi connectivity index (χ3n) is 2.54. The van der Waals surface area contributed by atoms with Crippen LogP contribution in [0.15, 0.2) is 36.5 Å². The van der Waals surface area contributed by atoms with E-state index in [1.54, 1.807) is 0 Å². The number of allylic oxidation sites excluding steroid dienone is 1. The second kappa shape index (κ2) is 7.12. The molecule has 0 bridgehead atoms. The van der Waals surface area contributed by atoms with Gasteiger partial charge >= 0.3 is 7.48 Å². The van der Waals surface area contributed by atoms with Gasteiger partial charge in [0.05, 0.1) is 0 Å². The molecule has 1 rings (SSSR count). The molecule has 2 N–H and O–H groups in total. The first-order chi connectivity index (χ1) is 7.76. The molecule has 0 aliphatic rings. The van der Waals surface area contributed by atoms with Crippen LogP contribution in [0.2, 0.25) is 0 Å². The molecule has 0 heterocycles. The van der Waals surface area contributed by atoms with E-state index in [-0.39, 0.29) is 7.48 Å². The zero-order valence-electron chi connectivity index (χ0n) is 10.00. The summed E-state index contributed by atoms with van der Waals surface area (Å²) >= 11 is 0. The van der Waals surface area contributed by atoms with Gasteiger partial charge in [-0.05, 0) is 25.0 Å². The van der Waals surface area contributed by atoms with Gasteiger partial charge in [-0.3, -0.25) is 0 Å². The minimum Gasteiger partial charge on any atom is -0.449 e. The highest BCUT2D eigenvalue weighted by Gasteiger charge is 1.97. The first kappa shape index (κ1) is 12.9. The number of hydrogen-bond donors (Lipinski definition) is 2. The highest BCUT2D eigenvalue weighted by molar-refractivity contribution is 6.45. The lowest BCUT2D eigenvalue weighted by molar-refractivity contribution is 0.615. The normalized spacial score (nSPS) is 9.88. The predicted octanol–water partition coefficient (Wildman–Crippen LogP) is 2.16. The maximum absolute atomic E-state index is 8.92. The minimum absolute atomic E-state index is 0.0950. The highest BCUT2D eigenvalue weighted by Crippen LogP contribution is 2.12. The van der Waals surface area contributed by atoms with E-state index in [1.807, 2.05) is 24.3 Å². The van der Waals surface area contributed by atoms with E-state index in [0.29, 0.717) is 0 Å². The molecule has 0 aromatic heterocycles. The number of rotatable bonds is 7. The van der Waals surface area contributed by atoms with E-state index >= 15 is 0 Å². The molecule has 3 heteroatoms. The van der Waals surface area contributed by atoms with Crippen LogP contribution in [0.5, 0.6) is 0 Å². The first-order valence-electron chi connectivity index (χ1n) is 5.91. The Hall–Kier alpha value is -1.22. The molecule has 0 fully saturated rings. The van der Waals surface area contributed by atoms with Crippen molar-refractivity contribution in [3.8, 4) is 0 Å². The van der Waals surface area contributed by atoms with Gasteiger partial charge in [0.15, 0.2) is 0 Å². The van der Waals surface area contributed by atoms with Gasteiger partial charge in [0.25, 0.3) is 0 Å². The Morgan fingerprint density at radius 3 is 2.56 bits per heavy atom. The molecular weight excluding hydrogens is 197 g/mol. The molecule has 0 saturated heterocycles. The molecule has 2 nitrogen and oxygen atoms in total. The second-order valence-electron chi connectivity index (χ2n) is 4.04. The zero-order chi connectivity index (χ0) is 11.8. The summed E-state index contributed by atoms with van der Waals surface area (Å²) in [5.41, 5.74) is 3.03. The molecular formula is C13H20BNO. The summed E-state index contributed by atoms with van der Waals surface area (Å²) in [6.45, 7) is 6.20. The lowest BCUT2D eigenvalue weighted by atomic mass is 9.89. The molecule has 16 heavy (non-hydrogen) atoms. The van der Waals surface area contributed by atoms with Crippen LogP contribution >= 0.6 is 0 Å². The van der Waals surface area contributed by atoms with Crippen molar-refractivity contribution in [2.24, 2.45) is 0 Å². The molecule has 1 aromatic carbocycles. The third-order valence-corrected chi connectivity index (χ3v) is 2.54. The predicted molar refractivity (Wildman–Crippen MR) is 72.3 cm³/mol. The Morgan fingerprint density at radius 1 is 1.31 bits per heavy atom. The van der Waals surface area contributed by atoms with Gasteiger partial charge in [-0.1, -0.05) is 43.9 Å². The van der Waals surface area contributed by atoms with Crippen molar-refractivity contribution in [3.63, 3.8) is 0 Å². The van der Waals surface area contributed by atoms with Gasteiger partial charge in [-0.15, -0.1) is 0 Å². The Labute approximate surface area is 98.7 Å². The van der Waals surface area contributed by atoms with E-state index in [1.165, 1.54) is 19.3 Å². The lowest BCUT2D eigenvalue weighted by Crippen LogP contribution is -2.12. The van der Waals surface area contributed by atoms with E-state index < -0.39 is 0 Å². The molecule has 0 saturated carbocycles. The number of benzene rings is 1. The van der Waals surface area contributed by atoms with Crippen LogP contribution in [0.25, 0.3) is 0 Å². The number of nitrogens with one attached hydrogen (secondary N) is 1. The summed E-state index contributed by atoms with van der Waals surface area (Å²) in [6.07, 6.45) is 4.70. The summed E-state index contributed by atoms with van der Waals surface area (Å²) in [7, 11) is 0.0950. The maximum Gasteiger partial charge on any atom is 0.304 e. The number of unbranched alkanes of at least 4 members (excludes halogenated alkanes) is 2. The van der Waals surface area contributed by atoms with E-state index in [0.717, 1.165) is 23.3 Å². The number of hydrogen-bond acceptors (Lipinski definition) is 2. The fraction of sp³-hybridized carbons (Fsp3) is 0.385. The molecule has 0 aliphatic carbocycles. The van der Waals surface area contributed by atoms with Crippen molar-refractivity contribution in [1.29, 1.82) is 0 Å². The Kier molecular flexibility index (Phi) is 5.72. The van der Waals surface area contributed by atoms with Crippen LogP contribution in [0.3, 0.4) is 0 Å². The van der Waals surface area contributed by atoms with Crippen LogP contribution in [0, 0.1) is 0 Å². The van der Waals surface area contributed by atoms with Crippen molar-refractivity contribution >= 4 is 18.6 Å².